The van der Waals surface area contributed by atoms with Crippen LogP contribution in [-0.4, -0.2) is 74.5 Å². The molecular formula is C22H37N5O. The fourth-order valence-electron chi connectivity index (χ4n) is 3.75. The van der Waals surface area contributed by atoms with Crippen molar-refractivity contribution < 1.29 is 4.79 Å². The number of amides is 1. The zero-order valence-corrected chi connectivity index (χ0v) is 18.0. The van der Waals surface area contributed by atoms with Crippen LogP contribution in [0.1, 0.15) is 43.1 Å². The van der Waals surface area contributed by atoms with Crippen LogP contribution < -0.4 is 10.6 Å². The van der Waals surface area contributed by atoms with Gasteiger partial charge in [0.1, 0.15) is 0 Å². The Labute approximate surface area is 170 Å². The Morgan fingerprint density at radius 2 is 2.07 bits per heavy atom. The van der Waals surface area contributed by atoms with Gasteiger partial charge in [-0.2, -0.15) is 0 Å². The highest BCUT2D eigenvalue weighted by atomic mass is 16.1. The first kappa shape index (κ1) is 22.2. The quantitative estimate of drug-likeness (QED) is 0.504. The van der Waals surface area contributed by atoms with E-state index < -0.39 is 0 Å². The summed E-state index contributed by atoms with van der Waals surface area (Å²) in [5.41, 5.74) is 1.84. The topological polar surface area (TPSA) is 60.0 Å². The Hall–Kier alpha value is -2.08. The van der Waals surface area contributed by atoms with Crippen molar-refractivity contribution in [3.63, 3.8) is 0 Å². The Balaban J connectivity index is 1.93. The smallest absolute Gasteiger partial charge is 0.251 e. The maximum absolute atomic E-state index is 11.8. The fraction of sp³-hybridized carbons (Fsp3) is 0.636. The van der Waals surface area contributed by atoms with Crippen LogP contribution in [0.4, 0.5) is 0 Å². The number of nitrogens with zero attached hydrogens (tertiary/aromatic N) is 3. The second-order valence-electron chi connectivity index (χ2n) is 7.35. The van der Waals surface area contributed by atoms with Crippen molar-refractivity contribution in [3.8, 4) is 0 Å². The van der Waals surface area contributed by atoms with E-state index >= 15 is 0 Å². The molecule has 1 aliphatic heterocycles. The van der Waals surface area contributed by atoms with Gasteiger partial charge >= 0.3 is 0 Å². The maximum Gasteiger partial charge on any atom is 0.251 e. The average Bonchev–Trinajstić information content (AvgIpc) is 3.19. The zero-order chi connectivity index (χ0) is 20.4. The molecule has 1 heterocycles. The van der Waals surface area contributed by atoms with E-state index in [2.05, 4.69) is 47.3 Å². The van der Waals surface area contributed by atoms with Crippen LogP contribution in [-0.2, 0) is 6.42 Å². The molecule has 1 aliphatic rings. The molecular weight excluding hydrogens is 350 g/mol. The molecule has 6 heteroatoms. The summed E-state index contributed by atoms with van der Waals surface area (Å²) in [7, 11) is 1.66. The molecule has 1 amide bonds. The highest BCUT2D eigenvalue weighted by molar-refractivity contribution is 5.94. The molecule has 2 rings (SSSR count). The van der Waals surface area contributed by atoms with Gasteiger partial charge in [-0.1, -0.05) is 26.0 Å². The molecule has 0 saturated carbocycles. The third-order valence-corrected chi connectivity index (χ3v) is 5.41. The van der Waals surface area contributed by atoms with Crippen LogP contribution in [0, 0.1) is 5.92 Å². The van der Waals surface area contributed by atoms with E-state index in [4.69, 9.17) is 4.99 Å². The largest absolute Gasteiger partial charge is 0.357 e. The number of hydrogen-bond donors (Lipinski definition) is 2. The second-order valence-corrected chi connectivity index (χ2v) is 7.35. The number of hydrogen-bond acceptors (Lipinski definition) is 3. The highest BCUT2D eigenvalue weighted by Gasteiger charge is 2.25. The van der Waals surface area contributed by atoms with Crippen LogP contribution in [0.5, 0.6) is 0 Å². The van der Waals surface area contributed by atoms with Gasteiger partial charge in [-0.25, -0.2) is 0 Å². The molecule has 1 atom stereocenters. The lowest BCUT2D eigenvalue weighted by Crippen LogP contribution is -2.41. The summed E-state index contributed by atoms with van der Waals surface area (Å²) in [6.07, 6.45) is 2.06. The van der Waals surface area contributed by atoms with Crippen molar-refractivity contribution in [2.24, 2.45) is 10.9 Å². The molecule has 0 spiro atoms. The number of carbonyl (C=O) groups excluding carboxylic acids is 1. The van der Waals surface area contributed by atoms with E-state index in [-0.39, 0.29) is 5.91 Å². The van der Waals surface area contributed by atoms with Gasteiger partial charge in [0.15, 0.2) is 5.96 Å². The van der Waals surface area contributed by atoms with Gasteiger partial charge in [-0.05, 0) is 56.5 Å². The number of rotatable bonds is 9. The van der Waals surface area contributed by atoms with Gasteiger partial charge in [0, 0.05) is 45.3 Å². The molecule has 1 unspecified atom stereocenters. The standard InChI is InChI=1S/C22H37N5O/c1-5-24-22(27-14-12-19(17-27)16-26(6-2)7-3)25-13-11-18-9-8-10-20(15-18)21(28)23-4/h8-10,15,19H,5-7,11-14,16-17H2,1-4H3,(H,23,28)(H,24,25). The number of aliphatic imine (C=N–C) groups is 1. The Morgan fingerprint density at radius 1 is 1.29 bits per heavy atom. The molecule has 0 aliphatic carbocycles. The number of benzene rings is 1. The summed E-state index contributed by atoms with van der Waals surface area (Å²) in [5, 5.41) is 6.13. The molecule has 2 N–H and O–H groups in total. The van der Waals surface area contributed by atoms with E-state index in [1.807, 2.05) is 18.2 Å². The SMILES string of the molecule is CCNC(=NCCc1cccc(C(=O)NC)c1)N1CCC(CN(CC)CC)C1. The first-order valence-electron chi connectivity index (χ1n) is 10.7. The fourth-order valence-corrected chi connectivity index (χ4v) is 3.75. The van der Waals surface area contributed by atoms with E-state index in [0.717, 1.165) is 57.2 Å². The van der Waals surface area contributed by atoms with E-state index in [9.17, 15) is 4.79 Å². The predicted octanol–water partition coefficient (Wildman–Crippen LogP) is 2.22. The van der Waals surface area contributed by atoms with Crippen molar-refractivity contribution in [2.45, 2.75) is 33.6 Å². The van der Waals surface area contributed by atoms with Gasteiger partial charge in [0.25, 0.3) is 5.91 Å². The molecule has 28 heavy (non-hydrogen) atoms. The minimum atomic E-state index is -0.0463. The van der Waals surface area contributed by atoms with E-state index in [0.29, 0.717) is 11.5 Å². The molecule has 1 aromatic rings. The summed E-state index contributed by atoms with van der Waals surface area (Å²) >= 11 is 0. The number of carbonyl (C=O) groups is 1. The maximum atomic E-state index is 11.8. The molecule has 1 fully saturated rings. The minimum Gasteiger partial charge on any atom is -0.357 e. The van der Waals surface area contributed by atoms with Crippen molar-refractivity contribution >= 4 is 11.9 Å². The number of guanidine groups is 1. The molecule has 1 saturated heterocycles. The van der Waals surface area contributed by atoms with Crippen molar-refractivity contribution in [2.75, 3.05) is 52.9 Å². The summed E-state index contributed by atoms with van der Waals surface area (Å²) in [6, 6.07) is 7.80. The highest BCUT2D eigenvalue weighted by Crippen LogP contribution is 2.17. The third kappa shape index (κ3) is 6.51. The number of nitrogens with one attached hydrogen (secondary N) is 2. The van der Waals surface area contributed by atoms with Gasteiger partial charge in [0.2, 0.25) is 0 Å². The number of likely N-dealkylation sites (tertiary alicyclic amines) is 1. The molecule has 0 radical (unpaired) electrons. The van der Waals surface area contributed by atoms with Gasteiger partial charge in [-0.3, -0.25) is 9.79 Å². The minimum absolute atomic E-state index is 0.0463. The van der Waals surface area contributed by atoms with E-state index in [1.54, 1.807) is 7.05 Å². The van der Waals surface area contributed by atoms with Gasteiger partial charge in [-0.15, -0.1) is 0 Å². The van der Waals surface area contributed by atoms with Crippen molar-refractivity contribution in [1.29, 1.82) is 0 Å². The molecule has 156 valence electrons. The first-order chi connectivity index (χ1) is 13.6. The molecule has 6 nitrogen and oxygen atoms in total. The van der Waals surface area contributed by atoms with E-state index in [1.165, 1.54) is 13.0 Å². The monoisotopic (exact) mass is 387 g/mol. The molecule has 0 bridgehead atoms. The Bertz CT molecular complexity index is 642. The van der Waals surface area contributed by atoms with Crippen LogP contribution in [0.25, 0.3) is 0 Å². The molecule has 0 aromatic heterocycles. The second kappa shape index (κ2) is 11.7. The summed E-state index contributed by atoms with van der Waals surface area (Å²) in [6.45, 7) is 13.8. The summed E-state index contributed by atoms with van der Waals surface area (Å²) in [4.78, 5) is 21.6. The Kier molecular flexibility index (Phi) is 9.28. The van der Waals surface area contributed by atoms with Crippen LogP contribution in [0.15, 0.2) is 29.3 Å². The lowest BCUT2D eigenvalue weighted by Gasteiger charge is -2.24. The first-order valence-corrected chi connectivity index (χ1v) is 10.7. The van der Waals surface area contributed by atoms with Crippen LogP contribution in [0.2, 0.25) is 0 Å². The van der Waals surface area contributed by atoms with Crippen LogP contribution in [0.3, 0.4) is 0 Å². The van der Waals surface area contributed by atoms with Gasteiger partial charge in [0.05, 0.1) is 0 Å². The summed E-state index contributed by atoms with van der Waals surface area (Å²) in [5.74, 6) is 1.69. The average molecular weight is 388 g/mol. The van der Waals surface area contributed by atoms with Crippen molar-refractivity contribution in [3.05, 3.63) is 35.4 Å². The third-order valence-electron chi connectivity index (χ3n) is 5.41. The summed E-state index contributed by atoms with van der Waals surface area (Å²) < 4.78 is 0. The zero-order valence-electron chi connectivity index (χ0n) is 18.0. The lowest BCUT2D eigenvalue weighted by atomic mass is 10.1. The van der Waals surface area contributed by atoms with Gasteiger partial charge < -0.3 is 20.4 Å². The Morgan fingerprint density at radius 3 is 2.75 bits per heavy atom. The van der Waals surface area contributed by atoms with Crippen molar-refractivity contribution in [1.82, 2.24) is 20.4 Å². The predicted molar refractivity (Wildman–Crippen MR) is 117 cm³/mol. The molecule has 1 aromatic carbocycles. The van der Waals surface area contributed by atoms with Crippen LogP contribution >= 0.6 is 0 Å². The lowest BCUT2D eigenvalue weighted by molar-refractivity contribution is 0.0963. The normalized spacial score (nSPS) is 17.2.